The molecule has 112 valence electrons. The van der Waals surface area contributed by atoms with Gasteiger partial charge < -0.3 is 4.74 Å². The van der Waals surface area contributed by atoms with Crippen LogP contribution in [0.2, 0.25) is 0 Å². The van der Waals surface area contributed by atoms with E-state index in [4.69, 9.17) is 4.74 Å². The highest BCUT2D eigenvalue weighted by Gasteiger charge is 2.48. The van der Waals surface area contributed by atoms with Crippen LogP contribution in [0.1, 0.15) is 27.2 Å². The summed E-state index contributed by atoms with van der Waals surface area (Å²) in [6.07, 6.45) is -4.01. The Balaban J connectivity index is 2.78. The van der Waals surface area contributed by atoms with Gasteiger partial charge in [0, 0.05) is 19.1 Å². The van der Waals surface area contributed by atoms with Crippen LogP contribution in [0, 0.1) is 0 Å². The van der Waals surface area contributed by atoms with Gasteiger partial charge >= 0.3 is 12.1 Å². The van der Waals surface area contributed by atoms with Gasteiger partial charge in [0.1, 0.15) is 5.54 Å². The lowest BCUT2D eigenvalue weighted by Crippen LogP contribution is -2.57. The predicted octanol–water partition coefficient (Wildman–Crippen LogP) is 1.55. The van der Waals surface area contributed by atoms with Crippen molar-refractivity contribution in [2.45, 2.75) is 44.9 Å². The zero-order chi connectivity index (χ0) is 14.7. The number of carbonyl (C=O) groups is 1. The molecule has 1 atom stereocenters. The molecule has 1 rings (SSSR count). The molecule has 19 heavy (non-hydrogen) atoms. The summed E-state index contributed by atoms with van der Waals surface area (Å²) in [6.45, 7) is 5.36. The molecular formula is C12H21F3N2O2. The lowest BCUT2D eigenvalue weighted by Gasteiger charge is -2.30. The second-order valence-corrected chi connectivity index (χ2v) is 5.09. The van der Waals surface area contributed by atoms with Gasteiger partial charge in [0.25, 0.3) is 0 Å². The van der Waals surface area contributed by atoms with Gasteiger partial charge in [-0.1, -0.05) is 0 Å². The van der Waals surface area contributed by atoms with Gasteiger partial charge in [-0.25, -0.2) is 4.79 Å². The highest BCUT2D eigenvalue weighted by atomic mass is 19.4. The van der Waals surface area contributed by atoms with E-state index in [1.807, 2.05) is 18.7 Å². The van der Waals surface area contributed by atoms with Crippen LogP contribution in [0.5, 0.6) is 0 Å². The summed E-state index contributed by atoms with van der Waals surface area (Å²) in [5.74, 6) is -0.595. The first-order chi connectivity index (χ1) is 8.70. The van der Waals surface area contributed by atoms with Crippen LogP contribution in [0.15, 0.2) is 0 Å². The quantitative estimate of drug-likeness (QED) is 0.777. The number of rotatable bonds is 5. The van der Waals surface area contributed by atoms with Crippen molar-refractivity contribution < 1.29 is 22.7 Å². The summed E-state index contributed by atoms with van der Waals surface area (Å²) >= 11 is 0. The zero-order valence-corrected chi connectivity index (χ0v) is 11.5. The standard InChI is InChI=1S/C12H21F3N2O2/c1-4-19-10(18)11(16-7-12(13,14)15)5-6-17(8-11)9(2)3/h9,16H,4-8H2,1-3H3. The molecule has 1 saturated heterocycles. The Hall–Kier alpha value is -0.820. The summed E-state index contributed by atoms with van der Waals surface area (Å²) in [5, 5.41) is 2.36. The third-order valence-corrected chi connectivity index (χ3v) is 3.32. The largest absolute Gasteiger partial charge is 0.465 e. The number of carbonyl (C=O) groups excluding carboxylic acids is 1. The Morgan fingerprint density at radius 2 is 2.11 bits per heavy atom. The molecule has 0 aromatic rings. The van der Waals surface area contributed by atoms with Gasteiger partial charge in [-0.3, -0.25) is 10.2 Å². The zero-order valence-electron chi connectivity index (χ0n) is 11.5. The van der Waals surface area contributed by atoms with Gasteiger partial charge in [-0.2, -0.15) is 13.2 Å². The second kappa shape index (κ2) is 6.09. The molecule has 0 amide bonds. The van der Waals surface area contributed by atoms with Crippen molar-refractivity contribution in [2.75, 3.05) is 26.2 Å². The van der Waals surface area contributed by atoms with Crippen LogP contribution < -0.4 is 5.32 Å². The summed E-state index contributed by atoms with van der Waals surface area (Å²) in [7, 11) is 0. The average Bonchev–Trinajstić information content (AvgIpc) is 2.71. The van der Waals surface area contributed by atoms with Crippen LogP contribution in [-0.4, -0.2) is 54.9 Å². The molecule has 0 radical (unpaired) electrons. The fourth-order valence-electron chi connectivity index (χ4n) is 2.20. The van der Waals surface area contributed by atoms with Gasteiger partial charge in [-0.05, 0) is 27.2 Å². The molecule has 0 saturated carbocycles. The maximum absolute atomic E-state index is 12.4. The lowest BCUT2D eigenvalue weighted by molar-refractivity contribution is -0.155. The maximum Gasteiger partial charge on any atom is 0.401 e. The monoisotopic (exact) mass is 282 g/mol. The minimum absolute atomic E-state index is 0.163. The maximum atomic E-state index is 12.4. The first kappa shape index (κ1) is 16.2. The first-order valence-corrected chi connectivity index (χ1v) is 6.43. The normalized spacial score (nSPS) is 25.0. The number of alkyl halides is 3. The molecule has 1 N–H and O–H groups in total. The summed E-state index contributed by atoms with van der Waals surface area (Å²) in [6, 6.07) is 0.184. The van der Waals surface area contributed by atoms with Crippen molar-refractivity contribution in [1.82, 2.24) is 10.2 Å². The van der Waals surface area contributed by atoms with E-state index in [0.29, 0.717) is 13.0 Å². The molecule has 0 aliphatic carbocycles. The molecule has 1 aliphatic rings. The number of ether oxygens (including phenoxy) is 1. The molecule has 1 heterocycles. The number of nitrogens with zero attached hydrogens (tertiary/aromatic N) is 1. The van der Waals surface area contributed by atoms with E-state index in [0.717, 1.165) is 0 Å². The van der Waals surface area contributed by atoms with Crippen LogP contribution in [0.3, 0.4) is 0 Å². The fourth-order valence-corrected chi connectivity index (χ4v) is 2.20. The number of nitrogens with one attached hydrogen (secondary N) is 1. The number of halogens is 3. The van der Waals surface area contributed by atoms with Crippen molar-refractivity contribution in [2.24, 2.45) is 0 Å². The smallest absolute Gasteiger partial charge is 0.401 e. The third-order valence-electron chi connectivity index (χ3n) is 3.32. The Labute approximate surface area is 111 Å². The average molecular weight is 282 g/mol. The van der Waals surface area contributed by atoms with E-state index in [9.17, 15) is 18.0 Å². The Bertz CT molecular complexity index is 321. The highest BCUT2D eigenvalue weighted by molar-refractivity contribution is 5.81. The second-order valence-electron chi connectivity index (χ2n) is 5.09. The number of hydrogen-bond acceptors (Lipinski definition) is 4. The molecule has 1 aliphatic heterocycles. The van der Waals surface area contributed by atoms with Crippen molar-refractivity contribution >= 4 is 5.97 Å². The van der Waals surface area contributed by atoms with E-state index in [-0.39, 0.29) is 19.2 Å². The van der Waals surface area contributed by atoms with Crippen LogP contribution in [-0.2, 0) is 9.53 Å². The molecule has 0 spiro atoms. The van der Waals surface area contributed by atoms with Gasteiger partial charge in [0.2, 0.25) is 0 Å². The molecule has 1 fully saturated rings. The van der Waals surface area contributed by atoms with E-state index in [2.05, 4.69) is 5.32 Å². The summed E-state index contributed by atoms with van der Waals surface area (Å²) in [5.41, 5.74) is -1.24. The molecule has 1 unspecified atom stereocenters. The lowest BCUT2D eigenvalue weighted by atomic mass is 9.98. The van der Waals surface area contributed by atoms with Crippen LogP contribution >= 0.6 is 0 Å². The van der Waals surface area contributed by atoms with Gasteiger partial charge in [0.05, 0.1) is 13.2 Å². The Morgan fingerprint density at radius 3 is 2.53 bits per heavy atom. The summed E-state index contributed by atoms with van der Waals surface area (Å²) < 4.78 is 42.0. The topological polar surface area (TPSA) is 41.6 Å². The molecule has 0 aromatic heterocycles. The number of likely N-dealkylation sites (tertiary alicyclic amines) is 1. The van der Waals surface area contributed by atoms with Gasteiger partial charge in [-0.15, -0.1) is 0 Å². The molecular weight excluding hydrogens is 261 g/mol. The minimum Gasteiger partial charge on any atom is -0.465 e. The molecule has 4 nitrogen and oxygen atoms in total. The fraction of sp³-hybridized carbons (Fsp3) is 0.917. The van der Waals surface area contributed by atoms with E-state index >= 15 is 0 Å². The van der Waals surface area contributed by atoms with Crippen LogP contribution in [0.25, 0.3) is 0 Å². The Kier molecular flexibility index (Phi) is 5.20. The molecule has 0 bridgehead atoms. The first-order valence-electron chi connectivity index (χ1n) is 6.43. The minimum atomic E-state index is -4.34. The van der Waals surface area contributed by atoms with Crippen LogP contribution in [0.4, 0.5) is 13.2 Å². The van der Waals surface area contributed by atoms with E-state index in [1.165, 1.54) is 0 Å². The highest BCUT2D eigenvalue weighted by Crippen LogP contribution is 2.26. The van der Waals surface area contributed by atoms with E-state index in [1.54, 1.807) is 6.92 Å². The van der Waals surface area contributed by atoms with Gasteiger partial charge in [0.15, 0.2) is 0 Å². The number of esters is 1. The third kappa shape index (κ3) is 4.35. The van der Waals surface area contributed by atoms with Crippen molar-refractivity contribution in [1.29, 1.82) is 0 Å². The Morgan fingerprint density at radius 1 is 1.47 bits per heavy atom. The molecule has 0 aromatic carbocycles. The van der Waals surface area contributed by atoms with Crippen molar-refractivity contribution in [3.63, 3.8) is 0 Å². The molecule has 7 heteroatoms. The van der Waals surface area contributed by atoms with Crippen molar-refractivity contribution in [3.05, 3.63) is 0 Å². The van der Waals surface area contributed by atoms with E-state index < -0.39 is 24.2 Å². The SMILES string of the molecule is CCOC(=O)C1(NCC(F)(F)F)CCN(C(C)C)C1. The predicted molar refractivity (Wildman–Crippen MR) is 64.7 cm³/mol. The number of hydrogen-bond donors (Lipinski definition) is 1. The summed E-state index contributed by atoms with van der Waals surface area (Å²) in [4.78, 5) is 13.9. The van der Waals surface area contributed by atoms with Crippen molar-refractivity contribution in [3.8, 4) is 0 Å².